The summed E-state index contributed by atoms with van der Waals surface area (Å²) in [6.07, 6.45) is 0.675. The van der Waals surface area contributed by atoms with Crippen LogP contribution in [-0.4, -0.2) is 78.6 Å². The molecule has 2 N–H and O–H groups in total. The monoisotopic (exact) mass is 301 g/mol. The zero-order chi connectivity index (χ0) is 16.0. The molecule has 1 rings (SSSR count). The lowest BCUT2D eigenvalue weighted by Gasteiger charge is -2.17. The third kappa shape index (κ3) is 4.71. The normalized spacial score (nSPS) is 16.3. The Balaban J connectivity index is 2.52. The molecule has 21 heavy (non-hydrogen) atoms. The number of carboxylic acid groups (broad SMARTS) is 1. The van der Waals surface area contributed by atoms with E-state index in [1.165, 1.54) is 19.1 Å². The smallest absolute Gasteiger partial charge is 0.327 e. The number of hydrogen-bond donors (Lipinski definition) is 2. The van der Waals surface area contributed by atoms with Gasteiger partial charge in [-0.3, -0.25) is 14.5 Å². The van der Waals surface area contributed by atoms with Crippen LogP contribution in [0.4, 0.5) is 4.79 Å². The second-order valence-electron chi connectivity index (χ2n) is 4.71. The van der Waals surface area contributed by atoms with Gasteiger partial charge in [-0.2, -0.15) is 0 Å². The molecule has 1 saturated heterocycles. The van der Waals surface area contributed by atoms with Crippen molar-refractivity contribution in [3.05, 3.63) is 0 Å². The second-order valence-corrected chi connectivity index (χ2v) is 4.71. The number of carbonyl (C=O) groups is 4. The van der Waals surface area contributed by atoms with Crippen LogP contribution >= 0.6 is 0 Å². The molecule has 118 valence electrons. The van der Waals surface area contributed by atoms with Crippen LogP contribution in [0.2, 0.25) is 0 Å². The van der Waals surface area contributed by atoms with Crippen LogP contribution in [0.1, 0.15) is 12.8 Å². The van der Waals surface area contributed by atoms with Crippen LogP contribution in [0, 0.1) is 0 Å². The number of carbonyl (C=O) groups excluding carboxylic acids is 3. The van der Waals surface area contributed by atoms with Crippen LogP contribution < -0.4 is 5.32 Å². The minimum atomic E-state index is -1.17. The van der Waals surface area contributed by atoms with Gasteiger partial charge in [-0.15, -0.1) is 0 Å². The van der Waals surface area contributed by atoms with Gasteiger partial charge < -0.3 is 20.1 Å². The van der Waals surface area contributed by atoms with Crippen molar-refractivity contribution in [3.63, 3.8) is 0 Å². The molecule has 1 heterocycles. The molecule has 0 aromatic heterocycles. The summed E-state index contributed by atoms with van der Waals surface area (Å²) in [4.78, 5) is 47.9. The molecule has 0 aromatic carbocycles. The van der Waals surface area contributed by atoms with Gasteiger partial charge in [-0.05, 0) is 12.8 Å². The average Bonchev–Trinajstić information content (AvgIpc) is 2.64. The molecule has 1 aliphatic rings. The summed E-state index contributed by atoms with van der Waals surface area (Å²) in [5.74, 6) is -2.34. The van der Waals surface area contributed by atoms with Crippen LogP contribution in [0.5, 0.6) is 0 Å². The van der Waals surface area contributed by atoms with Gasteiger partial charge in [0.2, 0.25) is 5.91 Å². The number of nitrogens with zero attached hydrogens (tertiary/aromatic N) is 2. The molecule has 0 spiro atoms. The number of imide groups is 1. The van der Waals surface area contributed by atoms with Gasteiger partial charge in [0.1, 0.15) is 19.1 Å². The zero-order valence-electron chi connectivity index (χ0n) is 12.0. The van der Waals surface area contributed by atoms with Gasteiger partial charge in [0.05, 0.1) is 0 Å². The Morgan fingerprint density at radius 1 is 1.43 bits per heavy atom. The van der Waals surface area contributed by atoms with Crippen molar-refractivity contribution in [1.82, 2.24) is 15.1 Å². The average molecular weight is 301 g/mol. The Morgan fingerprint density at radius 2 is 2.10 bits per heavy atom. The van der Waals surface area contributed by atoms with Gasteiger partial charge in [-0.1, -0.05) is 0 Å². The fourth-order valence-corrected chi connectivity index (χ4v) is 1.90. The number of aliphatic carboxylic acids is 1. The summed E-state index contributed by atoms with van der Waals surface area (Å²) in [6.45, 7) is -0.175. The Labute approximate surface area is 121 Å². The lowest BCUT2D eigenvalue weighted by Crippen LogP contribution is -2.47. The molecule has 9 heteroatoms. The first-order chi connectivity index (χ1) is 9.86. The third-order valence-corrected chi connectivity index (χ3v) is 3.01. The highest BCUT2D eigenvalue weighted by atomic mass is 16.5. The van der Waals surface area contributed by atoms with E-state index in [1.54, 1.807) is 0 Å². The van der Waals surface area contributed by atoms with E-state index in [2.05, 4.69) is 5.32 Å². The third-order valence-electron chi connectivity index (χ3n) is 3.01. The first-order valence-corrected chi connectivity index (χ1v) is 6.43. The summed E-state index contributed by atoms with van der Waals surface area (Å²) in [6, 6.07) is -1.64. The van der Waals surface area contributed by atoms with Crippen molar-refractivity contribution >= 4 is 23.8 Å². The van der Waals surface area contributed by atoms with Crippen molar-refractivity contribution in [2.24, 2.45) is 0 Å². The van der Waals surface area contributed by atoms with E-state index >= 15 is 0 Å². The summed E-state index contributed by atoms with van der Waals surface area (Å²) in [5, 5.41) is 11.3. The molecule has 1 fully saturated rings. The summed E-state index contributed by atoms with van der Waals surface area (Å²) in [7, 11) is 2.94. The van der Waals surface area contributed by atoms with Crippen LogP contribution in [-0.2, 0) is 19.1 Å². The molecule has 1 atom stereocenters. The van der Waals surface area contributed by atoms with Crippen molar-refractivity contribution in [2.45, 2.75) is 18.9 Å². The fraction of sp³-hybridized carbons (Fsp3) is 0.667. The van der Waals surface area contributed by atoms with Crippen molar-refractivity contribution in [3.8, 4) is 0 Å². The number of rotatable bonds is 8. The minimum Gasteiger partial charge on any atom is -0.480 e. The van der Waals surface area contributed by atoms with Gasteiger partial charge >= 0.3 is 12.0 Å². The maximum atomic E-state index is 11.8. The summed E-state index contributed by atoms with van der Waals surface area (Å²) < 4.78 is 4.82. The number of carboxylic acids is 1. The van der Waals surface area contributed by atoms with Crippen LogP contribution in [0.25, 0.3) is 0 Å². The zero-order valence-corrected chi connectivity index (χ0v) is 12.0. The maximum absolute atomic E-state index is 11.8. The van der Waals surface area contributed by atoms with Crippen molar-refractivity contribution < 1.29 is 29.0 Å². The van der Waals surface area contributed by atoms with Crippen molar-refractivity contribution in [2.75, 3.05) is 33.9 Å². The Bertz CT molecular complexity index is 439. The van der Waals surface area contributed by atoms with E-state index in [0.717, 1.165) is 4.90 Å². The molecule has 0 saturated carbocycles. The number of amides is 4. The predicted octanol–water partition coefficient (Wildman–Crippen LogP) is -1.12. The Morgan fingerprint density at radius 3 is 2.57 bits per heavy atom. The number of ether oxygens (including phenoxy) is 1. The minimum absolute atomic E-state index is 0.0810. The number of hydrogen-bond acceptors (Lipinski definition) is 5. The number of methoxy groups -OCH3 is 1. The van der Waals surface area contributed by atoms with Gasteiger partial charge in [-0.25, -0.2) is 9.59 Å². The summed E-state index contributed by atoms with van der Waals surface area (Å²) >= 11 is 0. The Hall–Kier alpha value is -2.16. The maximum Gasteiger partial charge on any atom is 0.327 e. The largest absolute Gasteiger partial charge is 0.480 e. The Kier molecular flexibility index (Phi) is 6.10. The number of nitrogens with one attached hydrogen (secondary N) is 1. The quantitative estimate of drug-likeness (QED) is 0.433. The standard InChI is InChI=1S/C12H19N3O6/c1-14-7-10(17)15(12(14)20)6-9(16)13-8(11(18)19)4-3-5-21-2/h8H,3-7H2,1-2H3,(H,13,16)(H,18,19). The molecule has 1 aliphatic heterocycles. The molecular formula is C12H19N3O6. The molecule has 0 bridgehead atoms. The first-order valence-electron chi connectivity index (χ1n) is 6.43. The molecule has 0 aliphatic carbocycles. The second kappa shape index (κ2) is 7.58. The molecule has 0 radical (unpaired) electrons. The first kappa shape index (κ1) is 16.9. The molecule has 4 amide bonds. The molecule has 1 unspecified atom stereocenters. The highest BCUT2D eigenvalue weighted by molar-refractivity contribution is 6.04. The topological polar surface area (TPSA) is 116 Å². The van der Waals surface area contributed by atoms with E-state index in [9.17, 15) is 19.2 Å². The predicted molar refractivity (Wildman–Crippen MR) is 70.4 cm³/mol. The molecule has 0 aromatic rings. The fourth-order valence-electron chi connectivity index (χ4n) is 1.90. The molecular weight excluding hydrogens is 282 g/mol. The van der Waals surface area contributed by atoms with E-state index in [1.807, 2.05) is 0 Å². The van der Waals surface area contributed by atoms with Gasteiger partial charge in [0.15, 0.2) is 0 Å². The lowest BCUT2D eigenvalue weighted by molar-refractivity contribution is -0.142. The van der Waals surface area contributed by atoms with E-state index in [0.29, 0.717) is 13.0 Å². The van der Waals surface area contributed by atoms with Crippen LogP contribution in [0.15, 0.2) is 0 Å². The highest BCUT2D eigenvalue weighted by Gasteiger charge is 2.35. The number of urea groups is 1. The summed E-state index contributed by atoms with van der Waals surface area (Å²) in [5.41, 5.74) is 0. The number of likely N-dealkylation sites (N-methyl/N-ethyl adjacent to an activating group) is 1. The van der Waals surface area contributed by atoms with Gasteiger partial charge in [0, 0.05) is 20.8 Å². The van der Waals surface area contributed by atoms with Crippen molar-refractivity contribution in [1.29, 1.82) is 0 Å². The van der Waals surface area contributed by atoms with Crippen LogP contribution in [0.3, 0.4) is 0 Å². The SMILES string of the molecule is COCCCC(NC(=O)CN1C(=O)CN(C)C1=O)C(=O)O. The van der Waals surface area contributed by atoms with Gasteiger partial charge in [0.25, 0.3) is 5.91 Å². The van der Waals surface area contributed by atoms with E-state index < -0.39 is 36.4 Å². The lowest BCUT2D eigenvalue weighted by atomic mass is 10.1. The van der Waals surface area contributed by atoms with E-state index in [-0.39, 0.29) is 13.0 Å². The molecule has 9 nitrogen and oxygen atoms in total. The van der Waals surface area contributed by atoms with E-state index in [4.69, 9.17) is 9.84 Å². The highest BCUT2D eigenvalue weighted by Crippen LogP contribution is 2.07.